The zero-order valence-corrected chi connectivity index (χ0v) is 11.8. The van der Waals surface area contributed by atoms with E-state index in [2.05, 4.69) is 15.2 Å². The molecule has 1 aromatic heterocycles. The van der Waals surface area contributed by atoms with Crippen molar-refractivity contribution in [2.75, 3.05) is 20.1 Å². The van der Waals surface area contributed by atoms with Crippen LogP contribution >= 0.6 is 11.3 Å². The van der Waals surface area contributed by atoms with Crippen molar-refractivity contribution >= 4 is 23.2 Å². The maximum Gasteiger partial charge on any atom is 0.365 e. The minimum atomic E-state index is -0.993. The number of aromatic nitrogens is 1. The zero-order valence-electron chi connectivity index (χ0n) is 11.0. The van der Waals surface area contributed by atoms with Gasteiger partial charge in [-0.15, -0.1) is 11.3 Å². The number of carboxylic acid groups (broad SMARTS) is 1. The summed E-state index contributed by atoms with van der Waals surface area (Å²) in [5.41, 5.74) is 0.393. The van der Waals surface area contributed by atoms with Crippen molar-refractivity contribution in [1.82, 2.24) is 15.2 Å². The molecule has 0 aromatic carbocycles. The van der Waals surface area contributed by atoms with Gasteiger partial charge in [0.05, 0.1) is 11.1 Å². The molecule has 1 saturated heterocycles. The van der Waals surface area contributed by atoms with Crippen LogP contribution in [0.3, 0.4) is 0 Å². The number of carbonyl (C=O) groups is 2. The largest absolute Gasteiger partial charge is 0.476 e. The monoisotopic (exact) mass is 283 g/mol. The van der Waals surface area contributed by atoms with E-state index in [1.165, 1.54) is 0 Å². The lowest BCUT2D eigenvalue weighted by atomic mass is 9.89. The molecule has 0 spiro atoms. The average Bonchev–Trinajstić information content (AvgIpc) is 2.97. The number of hydrogen-bond donors (Lipinski definition) is 2. The Hall–Kier alpha value is -1.47. The number of carboxylic acids is 1. The van der Waals surface area contributed by atoms with Gasteiger partial charge in [0, 0.05) is 25.5 Å². The summed E-state index contributed by atoms with van der Waals surface area (Å²) in [5, 5.41) is 13.4. The van der Waals surface area contributed by atoms with Crippen LogP contribution in [-0.4, -0.2) is 47.0 Å². The predicted octanol–water partition coefficient (Wildman–Crippen LogP) is 0.799. The minimum Gasteiger partial charge on any atom is -0.476 e. The SMILES string of the molecule is CNC(=O)C1(C)CCN(Cc2csc(C(=O)O)n2)C1. The van der Waals surface area contributed by atoms with E-state index in [-0.39, 0.29) is 16.3 Å². The Morgan fingerprint density at radius 2 is 2.37 bits per heavy atom. The quantitative estimate of drug-likeness (QED) is 0.854. The second-order valence-electron chi connectivity index (χ2n) is 5.05. The molecule has 1 aromatic rings. The van der Waals surface area contributed by atoms with Crippen LogP contribution in [0, 0.1) is 5.41 Å². The van der Waals surface area contributed by atoms with E-state index in [4.69, 9.17) is 5.11 Å². The van der Waals surface area contributed by atoms with Gasteiger partial charge in [-0.3, -0.25) is 9.69 Å². The maximum absolute atomic E-state index is 11.8. The first-order chi connectivity index (χ1) is 8.94. The molecule has 7 heteroatoms. The minimum absolute atomic E-state index is 0.0551. The van der Waals surface area contributed by atoms with Crippen LogP contribution in [0.15, 0.2) is 5.38 Å². The lowest BCUT2D eigenvalue weighted by molar-refractivity contribution is -0.129. The second kappa shape index (κ2) is 5.26. The van der Waals surface area contributed by atoms with E-state index in [0.717, 1.165) is 30.0 Å². The molecule has 0 bridgehead atoms. The second-order valence-corrected chi connectivity index (χ2v) is 5.91. The van der Waals surface area contributed by atoms with Crippen molar-refractivity contribution in [3.8, 4) is 0 Å². The van der Waals surface area contributed by atoms with Crippen molar-refractivity contribution in [2.24, 2.45) is 5.41 Å². The number of nitrogens with one attached hydrogen (secondary N) is 1. The predicted molar refractivity (Wildman–Crippen MR) is 71.1 cm³/mol. The van der Waals surface area contributed by atoms with E-state index in [0.29, 0.717) is 13.1 Å². The van der Waals surface area contributed by atoms with Crippen LogP contribution in [0.4, 0.5) is 0 Å². The molecular formula is C12H17N3O3S. The number of thiazole rings is 1. The van der Waals surface area contributed by atoms with Gasteiger partial charge in [-0.25, -0.2) is 9.78 Å². The highest BCUT2D eigenvalue weighted by atomic mass is 32.1. The fourth-order valence-corrected chi connectivity index (χ4v) is 3.03. The van der Waals surface area contributed by atoms with Crippen LogP contribution < -0.4 is 5.32 Å². The third-order valence-corrected chi connectivity index (χ3v) is 4.33. The third-order valence-electron chi connectivity index (χ3n) is 3.45. The normalized spacial score (nSPS) is 23.5. The van der Waals surface area contributed by atoms with Crippen molar-refractivity contribution in [2.45, 2.75) is 19.9 Å². The molecule has 1 aliphatic rings. The highest BCUT2D eigenvalue weighted by Gasteiger charge is 2.39. The summed E-state index contributed by atoms with van der Waals surface area (Å²) in [4.78, 5) is 28.8. The number of rotatable bonds is 4. The molecule has 104 valence electrons. The number of hydrogen-bond acceptors (Lipinski definition) is 5. The summed E-state index contributed by atoms with van der Waals surface area (Å²) in [6.45, 7) is 4.04. The van der Waals surface area contributed by atoms with Crippen molar-refractivity contribution in [3.63, 3.8) is 0 Å². The Morgan fingerprint density at radius 3 is 2.95 bits per heavy atom. The third kappa shape index (κ3) is 2.93. The molecule has 19 heavy (non-hydrogen) atoms. The van der Waals surface area contributed by atoms with Gasteiger partial charge in [0.1, 0.15) is 0 Å². The highest BCUT2D eigenvalue weighted by molar-refractivity contribution is 7.11. The van der Waals surface area contributed by atoms with E-state index >= 15 is 0 Å². The number of nitrogens with zero attached hydrogens (tertiary/aromatic N) is 2. The Balaban J connectivity index is 1.98. The molecule has 1 fully saturated rings. The van der Waals surface area contributed by atoms with Gasteiger partial charge in [0.25, 0.3) is 0 Å². The van der Waals surface area contributed by atoms with Crippen LogP contribution in [0.2, 0.25) is 0 Å². The summed E-state index contributed by atoms with van der Waals surface area (Å²) < 4.78 is 0. The van der Waals surface area contributed by atoms with Gasteiger partial charge in [-0.05, 0) is 19.9 Å². The van der Waals surface area contributed by atoms with Gasteiger partial charge in [-0.2, -0.15) is 0 Å². The Morgan fingerprint density at radius 1 is 1.63 bits per heavy atom. The van der Waals surface area contributed by atoms with E-state index in [1.807, 2.05) is 6.92 Å². The van der Waals surface area contributed by atoms with Crippen molar-refractivity contribution in [1.29, 1.82) is 0 Å². The summed E-state index contributed by atoms with van der Waals surface area (Å²) in [6, 6.07) is 0. The van der Waals surface area contributed by atoms with Crippen LogP contribution in [-0.2, 0) is 11.3 Å². The van der Waals surface area contributed by atoms with E-state index < -0.39 is 5.97 Å². The molecule has 1 amide bonds. The summed E-state index contributed by atoms with van der Waals surface area (Å²) in [5.74, 6) is -0.938. The fraction of sp³-hybridized carbons (Fsp3) is 0.583. The lowest BCUT2D eigenvalue weighted by Gasteiger charge is -2.22. The molecule has 1 aliphatic heterocycles. The zero-order chi connectivity index (χ0) is 14.0. The first kappa shape index (κ1) is 14.0. The molecule has 1 unspecified atom stereocenters. The van der Waals surface area contributed by atoms with Gasteiger partial charge < -0.3 is 10.4 Å². The van der Waals surface area contributed by atoms with E-state index in [9.17, 15) is 9.59 Å². The number of amides is 1. The standard InChI is InChI=1S/C12H17N3O3S/c1-12(11(18)13-2)3-4-15(7-12)5-8-6-19-9(14-8)10(16)17/h6H,3-5,7H2,1-2H3,(H,13,18)(H,16,17). The molecule has 0 radical (unpaired) electrons. The van der Waals surface area contributed by atoms with Gasteiger partial charge >= 0.3 is 5.97 Å². The maximum atomic E-state index is 11.8. The number of likely N-dealkylation sites (tertiary alicyclic amines) is 1. The van der Waals surface area contributed by atoms with Crippen molar-refractivity contribution < 1.29 is 14.7 Å². The summed E-state index contributed by atoms with van der Waals surface area (Å²) in [6.07, 6.45) is 0.808. The number of aromatic carboxylic acids is 1. The van der Waals surface area contributed by atoms with E-state index in [1.54, 1.807) is 12.4 Å². The van der Waals surface area contributed by atoms with Gasteiger partial charge in [0.2, 0.25) is 10.9 Å². The Labute approximate surface area is 115 Å². The van der Waals surface area contributed by atoms with Crippen LogP contribution in [0.5, 0.6) is 0 Å². The first-order valence-electron chi connectivity index (χ1n) is 6.07. The van der Waals surface area contributed by atoms with Crippen LogP contribution in [0.1, 0.15) is 28.8 Å². The smallest absolute Gasteiger partial charge is 0.365 e. The lowest BCUT2D eigenvalue weighted by Crippen LogP contribution is -2.39. The van der Waals surface area contributed by atoms with Gasteiger partial charge in [-0.1, -0.05) is 0 Å². The molecule has 2 heterocycles. The molecular weight excluding hydrogens is 266 g/mol. The Bertz CT molecular complexity index is 502. The van der Waals surface area contributed by atoms with Crippen LogP contribution in [0.25, 0.3) is 0 Å². The average molecular weight is 283 g/mol. The van der Waals surface area contributed by atoms with Crippen molar-refractivity contribution in [3.05, 3.63) is 16.1 Å². The molecule has 1 atom stereocenters. The molecule has 0 saturated carbocycles. The van der Waals surface area contributed by atoms with Gasteiger partial charge in [0.15, 0.2) is 0 Å². The fourth-order valence-electron chi connectivity index (χ4n) is 2.39. The summed E-state index contributed by atoms with van der Waals surface area (Å²) in [7, 11) is 1.65. The summed E-state index contributed by atoms with van der Waals surface area (Å²) >= 11 is 1.14. The first-order valence-corrected chi connectivity index (χ1v) is 6.95. The highest BCUT2D eigenvalue weighted by Crippen LogP contribution is 2.31. The molecule has 0 aliphatic carbocycles. The molecule has 6 nitrogen and oxygen atoms in total. The topological polar surface area (TPSA) is 82.5 Å². The molecule has 2 N–H and O–H groups in total. The Kier molecular flexibility index (Phi) is 3.86. The number of carbonyl (C=O) groups excluding carboxylic acids is 1. The molecule has 2 rings (SSSR count).